The number of fused-ring (bicyclic) bond motifs is 1. The minimum Gasteiger partial charge on any atom is -0.478 e. The van der Waals surface area contributed by atoms with E-state index in [9.17, 15) is 4.79 Å². The number of methoxy groups -OCH3 is 1. The number of carboxylic acids is 1. The summed E-state index contributed by atoms with van der Waals surface area (Å²) in [7, 11) is 1.43. The van der Waals surface area contributed by atoms with Crippen LogP contribution in [0, 0.1) is 6.92 Å². The standard InChI is InChI=1S/C9H8N2O4/c1-4-5(9(12)13)6-7(15-4)8(14-2)11-3-10-6/h3H,1-2H3,(H,12,13). The Morgan fingerprint density at radius 3 is 2.87 bits per heavy atom. The SMILES string of the molecule is COc1ncnc2c(C(=O)O)c(C)oc12. The van der Waals surface area contributed by atoms with Gasteiger partial charge in [0.25, 0.3) is 5.88 Å². The number of furan rings is 1. The van der Waals surface area contributed by atoms with Gasteiger partial charge in [-0.05, 0) is 6.92 Å². The van der Waals surface area contributed by atoms with E-state index in [1.807, 2.05) is 0 Å². The minimum absolute atomic E-state index is 0.0469. The van der Waals surface area contributed by atoms with Crippen molar-refractivity contribution >= 4 is 17.1 Å². The molecule has 0 aromatic carbocycles. The van der Waals surface area contributed by atoms with Crippen LogP contribution < -0.4 is 4.74 Å². The molecular formula is C9H8N2O4. The molecule has 15 heavy (non-hydrogen) atoms. The third-order valence-electron chi connectivity index (χ3n) is 2.02. The Morgan fingerprint density at radius 2 is 2.27 bits per heavy atom. The summed E-state index contributed by atoms with van der Waals surface area (Å²) in [6.45, 7) is 1.56. The van der Waals surface area contributed by atoms with Crippen molar-refractivity contribution in [1.82, 2.24) is 9.97 Å². The van der Waals surface area contributed by atoms with E-state index >= 15 is 0 Å². The van der Waals surface area contributed by atoms with E-state index in [0.29, 0.717) is 0 Å². The van der Waals surface area contributed by atoms with Crippen LogP contribution in [-0.2, 0) is 0 Å². The summed E-state index contributed by atoms with van der Waals surface area (Å²) in [5, 5.41) is 8.95. The summed E-state index contributed by atoms with van der Waals surface area (Å²) < 4.78 is 10.2. The van der Waals surface area contributed by atoms with Crippen molar-refractivity contribution in [2.24, 2.45) is 0 Å². The molecule has 0 aliphatic rings. The molecule has 0 fully saturated rings. The molecule has 2 aromatic rings. The number of aryl methyl sites for hydroxylation is 1. The summed E-state index contributed by atoms with van der Waals surface area (Å²) in [4.78, 5) is 18.6. The maximum atomic E-state index is 10.9. The minimum atomic E-state index is -1.08. The molecule has 1 N–H and O–H groups in total. The molecule has 0 aliphatic carbocycles. The van der Waals surface area contributed by atoms with Crippen LogP contribution in [0.4, 0.5) is 0 Å². The number of rotatable bonds is 2. The van der Waals surface area contributed by atoms with Gasteiger partial charge >= 0.3 is 5.97 Å². The molecule has 78 valence electrons. The third-order valence-corrected chi connectivity index (χ3v) is 2.02. The second kappa shape index (κ2) is 3.23. The molecule has 0 amide bonds. The number of carboxylic acid groups (broad SMARTS) is 1. The molecular weight excluding hydrogens is 200 g/mol. The lowest BCUT2D eigenvalue weighted by atomic mass is 10.2. The van der Waals surface area contributed by atoms with Crippen LogP contribution in [0.5, 0.6) is 5.88 Å². The van der Waals surface area contributed by atoms with Gasteiger partial charge in [-0.2, -0.15) is 4.98 Å². The number of hydrogen-bond donors (Lipinski definition) is 1. The van der Waals surface area contributed by atoms with Crippen LogP contribution in [-0.4, -0.2) is 28.2 Å². The highest BCUT2D eigenvalue weighted by Gasteiger charge is 2.21. The van der Waals surface area contributed by atoms with Gasteiger partial charge in [-0.1, -0.05) is 0 Å². The Bertz CT molecular complexity index is 532. The monoisotopic (exact) mass is 208 g/mol. The molecule has 0 radical (unpaired) electrons. The predicted octanol–water partition coefficient (Wildman–Crippen LogP) is 1.24. The molecule has 0 saturated carbocycles. The van der Waals surface area contributed by atoms with Gasteiger partial charge < -0.3 is 14.3 Å². The number of nitrogens with zero attached hydrogens (tertiary/aromatic N) is 2. The van der Waals surface area contributed by atoms with E-state index in [-0.39, 0.29) is 28.3 Å². The van der Waals surface area contributed by atoms with E-state index < -0.39 is 5.97 Å². The number of ether oxygens (including phenoxy) is 1. The Labute approximate surface area is 84.5 Å². The van der Waals surface area contributed by atoms with Crippen molar-refractivity contribution in [1.29, 1.82) is 0 Å². The van der Waals surface area contributed by atoms with Crippen LogP contribution >= 0.6 is 0 Å². The average Bonchev–Trinajstić information content (AvgIpc) is 2.53. The largest absolute Gasteiger partial charge is 0.478 e. The van der Waals surface area contributed by atoms with E-state index in [2.05, 4.69) is 9.97 Å². The Kier molecular flexibility index (Phi) is 2.03. The molecule has 6 heteroatoms. The van der Waals surface area contributed by atoms with E-state index in [1.165, 1.54) is 13.4 Å². The van der Waals surface area contributed by atoms with Gasteiger partial charge in [-0.15, -0.1) is 0 Å². The zero-order valence-corrected chi connectivity index (χ0v) is 8.14. The van der Waals surface area contributed by atoms with Crippen molar-refractivity contribution in [2.75, 3.05) is 7.11 Å². The van der Waals surface area contributed by atoms with Gasteiger partial charge in [-0.3, -0.25) is 0 Å². The van der Waals surface area contributed by atoms with Gasteiger partial charge in [0.15, 0.2) is 0 Å². The molecule has 0 unspecified atom stereocenters. The average molecular weight is 208 g/mol. The van der Waals surface area contributed by atoms with Gasteiger partial charge in [0.05, 0.1) is 7.11 Å². The zero-order chi connectivity index (χ0) is 11.0. The van der Waals surface area contributed by atoms with Gasteiger partial charge in [-0.25, -0.2) is 9.78 Å². The zero-order valence-electron chi connectivity index (χ0n) is 8.14. The molecule has 6 nitrogen and oxygen atoms in total. The lowest BCUT2D eigenvalue weighted by molar-refractivity contribution is 0.0696. The highest BCUT2D eigenvalue weighted by molar-refractivity contribution is 6.02. The Balaban J connectivity index is 2.84. The molecule has 2 rings (SSSR count). The number of aromatic carboxylic acids is 1. The Morgan fingerprint density at radius 1 is 1.53 bits per heavy atom. The first-order valence-corrected chi connectivity index (χ1v) is 4.16. The summed E-state index contributed by atoms with van der Waals surface area (Å²) in [6.07, 6.45) is 1.24. The quantitative estimate of drug-likeness (QED) is 0.798. The van der Waals surface area contributed by atoms with Crippen LogP contribution in [0.1, 0.15) is 16.1 Å². The number of aromatic nitrogens is 2. The van der Waals surface area contributed by atoms with Gasteiger partial charge in [0, 0.05) is 0 Å². The van der Waals surface area contributed by atoms with Crippen molar-refractivity contribution in [3.05, 3.63) is 17.7 Å². The number of hydrogen-bond acceptors (Lipinski definition) is 5. The molecule has 0 atom stereocenters. The third kappa shape index (κ3) is 1.30. The first-order chi connectivity index (χ1) is 7.15. The fourth-order valence-corrected chi connectivity index (χ4v) is 1.40. The summed E-state index contributed by atoms with van der Waals surface area (Å²) in [6, 6.07) is 0. The van der Waals surface area contributed by atoms with Crippen LogP contribution in [0.25, 0.3) is 11.1 Å². The topological polar surface area (TPSA) is 85.5 Å². The molecule has 0 aliphatic heterocycles. The molecule has 0 spiro atoms. The van der Waals surface area contributed by atoms with Crippen molar-refractivity contribution < 1.29 is 19.1 Å². The maximum absolute atomic E-state index is 10.9. The van der Waals surface area contributed by atoms with Crippen LogP contribution in [0.3, 0.4) is 0 Å². The van der Waals surface area contributed by atoms with Crippen molar-refractivity contribution in [3.8, 4) is 5.88 Å². The van der Waals surface area contributed by atoms with E-state index in [0.717, 1.165) is 0 Å². The second-order valence-electron chi connectivity index (χ2n) is 2.90. The van der Waals surface area contributed by atoms with Crippen molar-refractivity contribution in [2.45, 2.75) is 6.92 Å². The predicted molar refractivity (Wildman–Crippen MR) is 50.1 cm³/mol. The first kappa shape index (κ1) is 9.45. The second-order valence-corrected chi connectivity index (χ2v) is 2.90. The summed E-state index contributed by atoms with van der Waals surface area (Å²) in [5.41, 5.74) is 0.562. The van der Waals surface area contributed by atoms with E-state index in [1.54, 1.807) is 6.92 Å². The molecule has 0 saturated heterocycles. The van der Waals surface area contributed by atoms with E-state index in [4.69, 9.17) is 14.3 Å². The first-order valence-electron chi connectivity index (χ1n) is 4.16. The fourth-order valence-electron chi connectivity index (χ4n) is 1.40. The molecule has 2 heterocycles. The lowest BCUT2D eigenvalue weighted by Crippen LogP contribution is -1.98. The normalized spacial score (nSPS) is 10.5. The summed E-state index contributed by atoms with van der Waals surface area (Å²) >= 11 is 0. The highest BCUT2D eigenvalue weighted by atomic mass is 16.5. The Hall–Kier alpha value is -2.11. The van der Waals surface area contributed by atoms with Gasteiger partial charge in [0.1, 0.15) is 23.2 Å². The number of carbonyl (C=O) groups is 1. The fraction of sp³-hybridized carbons (Fsp3) is 0.222. The lowest BCUT2D eigenvalue weighted by Gasteiger charge is -1.96. The maximum Gasteiger partial charge on any atom is 0.341 e. The van der Waals surface area contributed by atoms with Crippen molar-refractivity contribution in [3.63, 3.8) is 0 Å². The molecule has 0 bridgehead atoms. The summed E-state index contributed by atoms with van der Waals surface area (Å²) in [5.74, 6) is -0.557. The highest BCUT2D eigenvalue weighted by Crippen LogP contribution is 2.28. The molecule has 2 aromatic heterocycles. The van der Waals surface area contributed by atoms with Crippen LogP contribution in [0.2, 0.25) is 0 Å². The smallest absolute Gasteiger partial charge is 0.341 e. The van der Waals surface area contributed by atoms with Gasteiger partial charge in [0.2, 0.25) is 5.58 Å². The van der Waals surface area contributed by atoms with Crippen LogP contribution in [0.15, 0.2) is 10.7 Å².